The number of aromatic nitrogens is 2. The average molecular weight is 328 g/mol. The van der Waals surface area contributed by atoms with Gasteiger partial charge < -0.3 is 9.97 Å². The van der Waals surface area contributed by atoms with Crippen molar-refractivity contribution in [3.8, 4) is 11.4 Å². The normalized spacial score (nSPS) is 23.9. The summed E-state index contributed by atoms with van der Waals surface area (Å²) in [6.45, 7) is 4.23. The number of rotatable bonds is 0. The van der Waals surface area contributed by atoms with Gasteiger partial charge in [-0.2, -0.15) is 0 Å². The van der Waals surface area contributed by atoms with Gasteiger partial charge in [-0.15, -0.1) is 0 Å². The van der Waals surface area contributed by atoms with Crippen molar-refractivity contribution >= 4 is 34.7 Å². The first-order chi connectivity index (χ1) is 12.1. The molecule has 3 aliphatic heterocycles. The number of aromatic amines is 2. The van der Waals surface area contributed by atoms with E-state index >= 15 is 0 Å². The fraction of sp³-hybridized carbons (Fsp3) is 0.158. The van der Waals surface area contributed by atoms with Crippen LogP contribution in [0.1, 0.15) is 13.8 Å². The van der Waals surface area contributed by atoms with Crippen molar-refractivity contribution in [3.05, 3.63) is 48.6 Å². The highest BCUT2D eigenvalue weighted by Crippen LogP contribution is 2.29. The molecule has 0 aromatic carbocycles. The van der Waals surface area contributed by atoms with E-state index in [0.29, 0.717) is 11.7 Å². The van der Waals surface area contributed by atoms with Crippen LogP contribution in [0.25, 0.3) is 11.4 Å². The molecule has 8 bridgehead atoms. The van der Waals surface area contributed by atoms with E-state index in [9.17, 15) is 0 Å². The van der Waals surface area contributed by atoms with Gasteiger partial charge in [-0.1, -0.05) is 0 Å². The summed E-state index contributed by atoms with van der Waals surface area (Å²) in [6.07, 6.45) is 7.89. The number of H-pyrrole nitrogens is 2. The Bertz CT molecular complexity index is 981. The second kappa shape index (κ2) is 4.86. The van der Waals surface area contributed by atoms with Crippen molar-refractivity contribution in [2.24, 2.45) is 25.4 Å². The van der Waals surface area contributed by atoms with E-state index in [1.54, 1.807) is 0 Å². The summed E-state index contributed by atoms with van der Waals surface area (Å²) in [4.78, 5) is 25.2. The van der Waals surface area contributed by atoms with Crippen molar-refractivity contribution in [1.82, 2.24) is 9.97 Å². The van der Waals surface area contributed by atoms with E-state index in [1.165, 1.54) is 0 Å². The van der Waals surface area contributed by atoms with E-state index in [2.05, 4.69) is 43.8 Å². The number of fused-ring (bicyclic) bond motifs is 7. The summed E-state index contributed by atoms with van der Waals surface area (Å²) in [5.41, 5.74) is 3.48. The Morgan fingerprint density at radius 3 is 1.60 bits per heavy atom. The fourth-order valence-electron chi connectivity index (χ4n) is 3.11. The van der Waals surface area contributed by atoms with Crippen LogP contribution in [0.2, 0.25) is 0 Å². The quantitative estimate of drug-likeness (QED) is 0.729. The molecular weight excluding hydrogens is 312 g/mol. The molecule has 122 valence electrons. The van der Waals surface area contributed by atoms with Gasteiger partial charge in [-0.3, -0.25) is 0 Å². The van der Waals surface area contributed by atoms with E-state index < -0.39 is 0 Å². The first-order valence-electron chi connectivity index (χ1n) is 8.18. The van der Waals surface area contributed by atoms with E-state index in [0.717, 1.165) is 34.4 Å². The Kier molecular flexibility index (Phi) is 2.74. The van der Waals surface area contributed by atoms with Gasteiger partial charge >= 0.3 is 0 Å². The molecule has 0 fully saturated rings. The predicted octanol–water partition coefficient (Wildman–Crippen LogP) is 4.13. The zero-order valence-electron chi connectivity index (χ0n) is 13.9. The Balaban J connectivity index is 1.72. The van der Waals surface area contributed by atoms with Crippen LogP contribution in [0.4, 0.5) is 11.6 Å². The van der Waals surface area contributed by atoms with Crippen LogP contribution in [0, 0.1) is 5.41 Å². The molecule has 0 amide bonds. The minimum atomic E-state index is -0.316. The van der Waals surface area contributed by atoms with E-state index in [1.807, 2.05) is 48.6 Å². The highest BCUT2D eigenvalue weighted by atomic mass is 15.0. The van der Waals surface area contributed by atoms with Crippen molar-refractivity contribution in [3.63, 3.8) is 0 Å². The van der Waals surface area contributed by atoms with Gasteiger partial charge in [-0.05, 0) is 62.4 Å². The lowest BCUT2D eigenvalue weighted by Crippen LogP contribution is -2.30. The van der Waals surface area contributed by atoms with Crippen molar-refractivity contribution in [2.45, 2.75) is 13.8 Å². The number of allylic oxidation sites excluding steroid dienone is 2. The molecule has 25 heavy (non-hydrogen) atoms. The number of aliphatic imine (C=N–C) groups is 4. The number of nitrogens with one attached hydrogen (secondary N) is 2. The summed E-state index contributed by atoms with van der Waals surface area (Å²) in [5.74, 6) is 2.92. The molecule has 6 nitrogen and oxygen atoms in total. The Morgan fingerprint density at radius 2 is 1.12 bits per heavy atom. The molecule has 2 aromatic heterocycles. The second-order valence-electron chi connectivity index (χ2n) is 6.74. The van der Waals surface area contributed by atoms with Gasteiger partial charge in [0.15, 0.2) is 11.7 Å². The van der Waals surface area contributed by atoms with Crippen LogP contribution in [-0.4, -0.2) is 33.1 Å². The number of hydrogen-bond donors (Lipinski definition) is 2. The molecule has 2 aromatic rings. The minimum Gasteiger partial charge on any atom is -0.338 e. The number of nitrogens with zero attached hydrogens (tertiary/aromatic N) is 4. The monoisotopic (exact) mass is 328 g/mol. The third-order valence-electron chi connectivity index (χ3n) is 4.63. The molecule has 0 atom stereocenters. The standard InChI is InChI=1S/C19H16N6/c1-19(2)13-5-9-17(22-13)24-15-7-3-11(20-15)12-4-8-16(21-12)25-18-10-6-14(19)23-18/h3-10,20-21H,1-2H3/b24-17-,25-18-. The highest BCUT2D eigenvalue weighted by molar-refractivity contribution is 6.30. The summed E-state index contributed by atoms with van der Waals surface area (Å²) in [7, 11) is 0. The smallest absolute Gasteiger partial charge is 0.154 e. The Morgan fingerprint density at radius 1 is 0.640 bits per heavy atom. The third kappa shape index (κ3) is 2.26. The molecule has 0 saturated heterocycles. The second-order valence-corrected chi connectivity index (χ2v) is 6.74. The van der Waals surface area contributed by atoms with Gasteiger partial charge in [0.2, 0.25) is 0 Å². The maximum absolute atomic E-state index is 4.69. The molecule has 0 aliphatic carbocycles. The molecule has 5 rings (SSSR count). The molecule has 6 heteroatoms. The van der Waals surface area contributed by atoms with Crippen molar-refractivity contribution in [1.29, 1.82) is 0 Å². The van der Waals surface area contributed by atoms with Crippen LogP contribution < -0.4 is 0 Å². The fourth-order valence-corrected chi connectivity index (χ4v) is 3.11. The summed E-state index contributed by atoms with van der Waals surface area (Å²) < 4.78 is 0. The molecule has 5 heterocycles. The zero-order valence-corrected chi connectivity index (χ0v) is 13.9. The highest BCUT2D eigenvalue weighted by Gasteiger charge is 2.32. The lowest BCUT2D eigenvalue weighted by atomic mass is 9.82. The first kappa shape index (κ1) is 14.1. The lowest BCUT2D eigenvalue weighted by Gasteiger charge is -2.22. The number of hydrogen-bond acceptors (Lipinski definition) is 4. The molecular formula is C19H16N6. The molecule has 0 unspecified atom stereocenters. The van der Waals surface area contributed by atoms with E-state index in [4.69, 9.17) is 0 Å². The molecule has 0 radical (unpaired) electrons. The van der Waals surface area contributed by atoms with Crippen LogP contribution in [0.3, 0.4) is 0 Å². The van der Waals surface area contributed by atoms with Crippen LogP contribution >= 0.6 is 0 Å². The Labute approximate surface area is 144 Å². The number of amidine groups is 2. The van der Waals surface area contributed by atoms with Crippen molar-refractivity contribution in [2.75, 3.05) is 0 Å². The summed E-state index contributed by atoms with van der Waals surface area (Å²) in [6, 6.07) is 7.88. The first-order valence-corrected chi connectivity index (χ1v) is 8.18. The molecule has 3 aliphatic rings. The molecule has 0 spiro atoms. The van der Waals surface area contributed by atoms with Crippen LogP contribution in [-0.2, 0) is 0 Å². The SMILES string of the molecule is CC1(C)C2=N/C(=N\c3ccc([nH]3)-c3ccc([nH]3)/N=C3/C=CC1=N3)C=C2. The van der Waals surface area contributed by atoms with E-state index in [-0.39, 0.29) is 5.41 Å². The van der Waals surface area contributed by atoms with Crippen molar-refractivity contribution < 1.29 is 0 Å². The average Bonchev–Trinajstić information content (AvgIpc) is 3.34. The largest absolute Gasteiger partial charge is 0.338 e. The summed E-state index contributed by atoms with van der Waals surface area (Å²) in [5, 5.41) is 0. The van der Waals surface area contributed by atoms with Crippen LogP contribution in [0.15, 0.2) is 68.5 Å². The van der Waals surface area contributed by atoms with Gasteiger partial charge in [0, 0.05) is 5.41 Å². The van der Waals surface area contributed by atoms with Gasteiger partial charge in [0.05, 0.1) is 22.8 Å². The minimum absolute atomic E-state index is 0.316. The third-order valence-corrected chi connectivity index (χ3v) is 4.63. The van der Waals surface area contributed by atoms with Gasteiger partial charge in [0.25, 0.3) is 0 Å². The maximum atomic E-state index is 4.69. The van der Waals surface area contributed by atoms with Crippen LogP contribution in [0.5, 0.6) is 0 Å². The molecule has 0 saturated carbocycles. The summed E-state index contributed by atoms with van der Waals surface area (Å²) >= 11 is 0. The topological polar surface area (TPSA) is 81.0 Å². The Hall–Kier alpha value is -3.28. The van der Waals surface area contributed by atoms with Gasteiger partial charge in [0.1, 0.15) is 11.6 Å². The molecule has 2 N–H and O–H groups in total. The maximum Gasteiger partial charge on any atom is 0.154 e. The van der Waals surface area contributed by atoms with Gasteiger partial charge in [-0.25, -0.2) is 20.0 Å². The lowest BCUT2D eigenvalue weighted by molar-refractivity contribution is 0.738. The predicted molar refractivity (Wildman–Crippen MR) is 102 cm³/mol. The zero-order chi connectivity index (χ0) is 17.0.